The third kappa shape index (κ3) is 3.62. The van der Waals surface area contributed by atoms with E-state index in [9.17, 15) is 4.79 Å². The smallest absolute Gasteiger partial charge is 0.335 e. The van der Waals surface area contributed by atoms with Crippen LogP contribution in [-0.4, -0.2) is 30.3 Å². The Bertz CT molecular complexity index is 647. The van der Waals surface area contributed by atoms with Crippen LogP contribution in [0.25, 0.3) is 0 Å². The lowest BCUT2D eigenvalue weighted by Crippen LogP contribution is -2.00. The molecule has 6 nitrogen and oxygen atoms in total. The highest BCUT2D eigenvalue weighted by Crippen LogP contribution is 2.30. The molecule has 1 aromatic heterocycles. The molecule has 1 heterocycles. The Morgan fingerprint density at radius 1 is 1.00 bits per heavy atom. The van der Waals surface area contributed by atoms with Gasteiger partial charge in [-0.3, -0.25) is 0 Å². The first kappa shape index (κ1) is 14.6. The molecule has 0 saturated heterocycles. The third-order valence-corrected chi connectivity index (χ3v) is 2.72. The summed E-state index contributed by atoms with van der Waals surface area (Å²) in [5.41, 5.74) is 0.673. The Morgan fingerprint density at radius 3 is 2.10 bits per heavy atom. The van der Waals surface area contributed by atoms with Gasteiger partial charge in [0, 0.05) is 30.0 Å². The van der Waals surface area contributed by atoms with Crippen LogP contribution in [0.15, 0.2) is 30.3 Å². The van der Waals surface area contributed by atoms with Gasteiger partial charge >= 0.3 is 5.97 Å². The van der Waals surface area contributed by atoms with Crippen LogP contribution in [-0.2, 0) is 0 Å². The van der Waals surface area contributed by atoms with E-state index in [0.29, 0.717) is 22.9 Å². The normalized spacial score (nSPS) is 10.0. The van der Waals surface area contributed by atoms with E-state index >= 15 is 0 Å². The summed E-state index contributed by atoms with van der Waals surface area (Å²) in [6.45, 7) is 1.70. The number of carbonyl (C=O) groups is 1. The molecule has 0 bridgehead atoms. The van der Waals surface area contributed by atoms with E-state index in [1.807, 2.05) is 0 Å². The Balaban J connectivity index is 2.35. The van der Waals surface area contributed by atoms with E-state index in [-0.39, 0.29) is 11.4 Å². The van der Waals surface area contributed by atoms with E-state index in [2.05, 4.69) is 4.98 Å². The lowest BCUT2D eigenvalue weighted by atomic mass is 10.2. The standard InChI is InChI=1S/C15H15NO5/c1-9-4-10(15(17)18)5-14(16-9)21-13-7-11(19-2)6-12(8-13)20-3/h4-8H,1-3H3,(H,17,18). The average molecular weight is 289 g/mol. The number of aryl methyl sites for hydroxylation is 1. The number of benzene rings is 1. The molecule has 1 N–H and O–H groups in total. The molecule has 0 unspecified atom stereocenters. The molecule has 0 amide bonds. The molecule has 2 aromatic rings. The fourth-order valence-electron chi connectivity index (χ4n) is 1.77. The van der Waals surface area contributed by atoms with Crippen molar-refractivity contribution in [3.63, 3.8) is 0 Å². The van der Waals surface area contributed by atoms with Gasteiger partial charge in [-0.15, -0.1) is 0 Å². The second kappa shape index (κ2) is 6.13. The predicted octanol–water partition coefficient (Wildman–Crippen LogP) is 2.90. The van der Waals surface area contributed by atoms with E-state index in [1.165, 1.54) is 26.4 Å². The van der Waals surface area contributed by atoms with Crippen molar-refractivity contribution in [2.45, 2.75) is 6.92 Å². The summed E-state index contributed by atoms with van der Waals surface area (Å²) >= 11 is 0. The summed E-state index contributed by atoms with van der Waals surface area (Å²) in [4.78, 5) is 15.2. The zero-order valence-electron chi connectivity index (χ0n) is 11.9. The second-order valence-electron chi connectivity index (χ2n) is 4.29. The third-order valence-electron chi connectivity index (χ3n) is 2.72. The Morgan fingerprint density at radius 2 is 1.57 bits per heavy atom. The predicted molar refractivity (Wildman–Crippen MR) is 75.6 cm³/mol. The number of hydrogen-bond donors (Lipinski definition) is 1. The van der Waals surface area contributed by atoms with Gasteiger partial charge in [0.15, 0.2) is 0 Å². The molecule has 110 valence electrons. The maximum absolute atomic E-state index is 11.0. The molecule has 0 aliphatic heterocycles. The molecular weight excluding hydrogens is 274 g/mol. The van der Waals surface area contributed by atoms with Crippen molar-refractivity contribution in [1.82, 2.24) is 4.98 Å². The lowest BCUT2D eigenvalue weighted by Gasteiger charge is -2.10. The van der Waals surface area contributed by atoms with Crippen LogP contribution in [0.4, 0.5) is 0 Å². The summed E-state index contributed by atoms with van der Waals surface area (Å²) in [7, 11) is 3.07. The van der Waals surface area contributed by atoms with Gasteiger partial charge in [-0.25, -0.2) is 9.78 Å². The van der Waals surface area contributed by atoms with Crippen molar-refractivity contribution in [2.75, 3.05) is 14.2 Å². The monoisotopic (exact) mass is 289 g/mol. The molecular formula is C15H15NO5. The highest BCUT2D eigenvalue weighted by molar-refractivity contribution is 5.88. The van der Waals surface area contributed by atoms with Crippen LogP contribution >= 0.6 is 0 Å². The van der Waals surface area contributed by atoms with Gasteiger partial charge in [0.25, 0.3) is 0 Å². The van der Waals surface area contributed by atoms with E-state index in [1.54, 1.807) is 25.1 Å². The number of nitrogens with zero attached hydrogens (tertiary/aromatic N) is 1. The van der Waals surface area contributed by atoms with Gasteiger partial charge < -0.3 is 19.3 Å². The van der Waals surface area contributed by atoms with Crippen LogP contribution in [0.3, 0.4) is 0 Å². The molecule has 6 heteroatoms. The van der Waals surface area contributed by atoms with Crippen molar-refractivity contribution in [3.8, 4) is 23.1 Å². The number of hydrogen-bond acceptors (Lipinski definition) is 5. The summed E-state index contributed by atoms with van der Waals surface area (Å²) in [6, 6.07) is 7.86. The molecule has 0 aliphatic carbocycles. The average Bonchev–Trinajstić information content (AvgIpc) is 2.46. The maximum atomic E-state index is 11.0. The largest absolute Gasteiger partial charge is 0.496 e. The first-order valence-corrected chi connectivity index (χ1v) is 6.14. The molecule has 2 rings (SSSR count). The topological polar surface area (TPSA) is 77.9 Å². The summed E-state index contributed by atoms with van der Waals surface area (Å²) in [6.07, 6.45) is 0. The first-order chi connectivity index (χ1) is 10.0. The number of methoxy groups -OCH3 is 2. The van der Waals surface area contributed by atoms with Crippen LogP contribution in [0, 0.1) is 6.92 Å². The van der Waals surface area contributed by atoms with E-state index in [4.69, 9.17) is 19.3 Å². The highest BCUT2D eigenvalue weighted by atomic mass is 16.5. The van der Waals surface area contributed by atoms with Crippen LogP contribution in [0.5, 0.6) is 23.1 Å². The molecule has 0 saturated carbocycles. The number of aromatic carboxylic acids is 1. The number of ether oxygens (including phenoxy) is 3. The quantitative estimate of drug-likeness (QED) is 0.911. The van der Waals surface area contributed by atoms with Crippen molar-refractivity contribution in [1.29, 1.82) is 0 Å². The fourth-order valence-corrected chi connectivity index (χ4v) is 1.77. The molecule has 21 heavy (non-hydrogen) atoms. The minimum absolute atomic E-state index is 0.118. The van der Waals surface area contributed by atoms with Crippen LogP contribution < -0.4 is 14.2 Å². The Labute approximate surface area is 121 Å². The summed E-state index contributed by atoms with van der Waals surface area (Å²) in [5.74, 6) is 0.739. The van der Waals surface area contributed by atoms with Gasteiger partial charge in [-0.2, -0.15) is 0 Å². The minimum Gasteiger partial charge on any atom is -0.496 e. The highest BCUT2D eigenvalue weighted by Gasteiger charge is 2.10. The molecule has 0 fully saturated rings. The molecule has 0 spiro atoms. The Kier molecular flexibility index (Phi) is 4.27. The molecule has 0 radical (unpaired) electrons. The zero-order chi connectivity index (χ0) is 15.4. The first-order valence-electron chi connectivity index (χ1n) is 6.14. The maximum Gasteiger partial charge on any atom is 0.335 e. The van der Waals surface area contributed by atoms with Crippen LogP contribution in [0.2, 0.25) is 0 Å². The number of pyridine rings is 1. The number of carboxylic acid groups (broad SMARTS) is 1. The van der Waals surface area contributed by atoms with Crippen molar-refractivity contribution in [2.24, 2.45) is 0 Å². The number of aromatic nitrogens is 1. The van der Waals surface area contributed by atoms with Crippen molar-refractivity contribution >= 4 is 5.97 Å². The molecule has 0 aliphatic rings. The number of rotatable bonds is 5. The van der Waals surface area contributed by atoms with Crippen LogP contribution in [0.1, 0.15) is 16.1 Å². The van der Waals surface area contributed by atoms with Crippen molar-refractivity contribution in [3.05, 3.63) is 41.6 Å². The summed E-state index contributed by atoms with van der Waals surface area (Å²) < 4.78 is 15.9. The van der Waals surface area contributed by atoms with Gasteiger partial charge in [0.05, 0.1) is 19.8 Å². The van der Waals surface area contributed by atoms with E-state index in [0.717, 1.165) is 0 Å². The molecule has 0 atom stereocenters. The fraction of sp³-hybridized carbons (Fsp3) is 0.200. The van der Waals surface area contributed by atoms with Crippen molar-refractivity contribution < 1.29 is 24.1 Å². The SMILES string of the molecule is COc1cc(OC)cc(Oc2cc(C(=O)O)cc(C)n2)c1. The van der Waals surface area contributed by atoms with Gasteiger partial charge in [-0.05, 0) is 13.0 Å². The molecule has 1 aromatic carbocycles. The lowest BCUT2D eigenvalue weighted by molar-refractivity contribution is 0.0696. The van der Waals surface area contributed by atoms with Gasteiger partial charge in [0.1, 0.15) is 17.2 Å². The Hall–Kier alpha value is -2.76. The zero-order valence-corrected chi connectivity index (χ0v) is 11.9. The van der Waals surface area contributed by atoms with E-state index < -0.39 is 5.97 Å². The second-order valence-corrected chi connectivity index (χ2v) is 4.29. The van der Waals surface area contributed by atoms with Gasteiger partial charge in [0.2, 0.25) is 5.88 Å². The number of carboxylic acids is 1. The summed E-state index contributed by atoms with van der Waals surface area (Å²) in [5, 5.41) is 9.04. The van der Waals surface area contributed by atoms with Gasteiger partial charge in [-0.1, -0.05) is 0 Å². The minimum atomic E-state index is -1.03.